The molecular formula is C21H22N6OS. The lowest BCUT2D eigenvalue weighted by atomic mass is 10.1. The van der Waals surface area contributed by atoms with Gasteiger partial charge in [0, 0.05) is 49.0 Å². The highest BCUT2D eigenvalue weighted by Gasteiger charge is 2.17. The number of carbonyl (C=O) groups is 1. The second kappa shape index (κ2) is 8.08. The van der Waals surface area contributed by atoms with Crippen LogP contribution in [0, 0.1) is 13.8 Å². The molecule has 7 nitrogen and oxygen atoms in total. The fourth-order valence-electron chi connectivity index (χ4n) is 3.37. The Kier molecular flexibility index (Phi) is 5.35. The highest BCUT2D eigenvalue weighted by Crippen LogP contribution is 2.23. The van der Waals surface area contributed by atoms with E-state index in [2.05, 4.69) is 30.7 Å². The topological polar surface area (TPSA) is 85.6 Å². The molecule has 0 aliphatic heterocycles. The first-order chi connectivity index (χ1) is 14.0. The second-order valence-electron chi connectivity index (χ2n) is 6.94. The van der Waals surface area contributed by atoms with Crippen molar-refractivity contribution in [1.82, 2.24) is 30.0 Å². The molecule has 0 aliphatic carbocycles. The third kappa shape index (κ3) is 4.02. The molecule has 4 aromatic heterocycles. The Morgan fingerprint density at radius 3 is 2.79 bits per heavy atom. The number of nitrogens with one attached hydrogen (secondary N) is 1. The molecule has 0 atom stereocenters. The van der Waals surface area contributed by atoms with Gasteiger partial charge in [-0.3, -0.25) is 14.5 Å². The number of pyridine rings is 2. The molecule has 0 saturated heterocycles. The molecule has 1 amide bonds. The van der Waals surface area contributed by atoms with E-state index in [0.717, 1.165) is 51.5 Å². The minimum absolute atomic E-state index is 0.0896. The van der Waals surface area contributed by atoms with Gasteiger partial charge >= 0.3 is 0 Å². The van der Waals surface area contributed by atoms with E-state index in [1.165, 1.54) is 0 Å². The Labute approximate surface area is 172 Å². The Morgan fingerprint density at radius 1 is 1.21 bits per heavy atom. The van der Waals surface area contributed by atoms with Gasteiger partial charge in [-0.2, -0.15) is 5.10 Å². The molecule has 1 N–H and O–H groups in total. The number of hydrogen-bond donors (Lipinski definition) is 1. The lowest BCUT2D eigenvalue weighted by molar-refractivity contribution is 0.0954. The zero-order valence-corrected chi connectivity index (χ0v) is 17.5. The third-order valence-corrected chi connectivity index (χ3v) is 5.63. The fourth-order valence-corrected chi connectivity index (χ4v) is 4.22. The Bertz CT molecular complexity index is 1160. The number of amides is 1. The number of nitrogens with zero attached hydrogens (tertiary/aromatic N) is 5. The Balaban J connectivity index is 1.38. The number of aromatic nitrogens is 5. The summed E-state index contributed by atoms with van der Waals surface area (Å²) in [4.78, 5) is 26.0. The Morgan fingerprint density at radius 2 is 2.00 bits per heavy atom. The highest BCUT2D eigenvalue weighted by molar-refractivity contribution is 7.09. The lowest BCUT2D eigenvalue weighted by Crippen LogP contribution is -2.25. The van der Waals surface area contributed by atoms with Crippen LogP contribution in [0.2, 0.25) is 0 Å². The number of thiazole rings is 1. The second-order valence-corrected chi connectivity index (χ2v) is 7.88. The maximum Gasteiger partial charge on any atom is 0.252 e. The maximum atomic E-state index is 12.8. The summed E-state index contributed by atoms with van der Waals surface area (Å²) in [5.74, 6) is -0.0896. The molecule has 0 saturated carbocycles. The molecule has 4 aromatic rings. The van der Waals surface area contributed by atoms with Gasteiger partial charge < -0.3 is 5.32 Å². The van der Waals surface area contributed by atoms with Crippen molar-refractivity contribution in [1.29, 1.82) is 0 Å². The first kappa shape index (κ1) is 19.2. The van der Waals surface area contributed by atoms with Crippen LogP contribution in [0.1, 0.15) is 33.2 Å². The zero-order chi connectivity index (χ0) is 20.4. The van der Waals surface area contributed by atoms with E-state index in [4.69, 9.17) is 0 Å². The predicted molar refractivity (Wildman–Crippen MR) is 114 cm³/mol. The van der Waals surface area contributed by atoms with E-state index in [-0.39, 0.29) is 5.91 Å². The van der Waals surface area contributed by atoms with Gasteiger partial charge in [-0.1, -0.05) is 0 Å². The molecule has 8 heteroatoms. The minimum Gasteiger partial charge on any atom is -0.352 e. The molecule has 0 fully saturated rings. The van der Waals surface area contributed by atoms with E-state index in [0.29, 0.717) is 12.1 Å². The summed E-state index contributed by atoms with van der Waals surface area (Å²) in [6, 6.07) is 5.74. The summed E-state index contributed by atoms with van der Waals surface area (Å²) in [6.07, 6.45) is 5.19. The molecule has 0 unspecified atom stereocenters. The molecule has 0 radical (unpaired) electrons. The molecule has 0 aromatic carbocycles. The van der Waals surface area contributed by atoms with Gasteiger partial charge in [-0.15, -0.1) is 11.3 Å². The standard InChI is InChI=1S/C21H22N6OS/c1-13-11-16(19-14(2)26-27(3)20(19)24-13)21(28)23-8-4-5-18-25-17(12-29-18)15-6-9-22-10-7-15/h6-7,9-12H,4-5,8H2,1-3H3,(H,23,28). The summed E-state index contributed by atoms with van der Waals surface area (Å²) in [5.41, 5.74) is 5.02. The van der Waals surface area contributed by atoms with E-state index < -0.39 is 0 Å². The van der Waals surface area contributed by atoms with Crippen LogP contribution in [0.4, 0.5) is 0 Å². The van der Waals surface area contributed by atoms with E-state index in [1.807, 2.05) is 39.1 Å². The van der Waals surface area contributed by atoms with Crippen LogP contribution in [-0.2, 0) is 13.5 Å². The van der Waals surface area contributed by atoms with Crippen LogP contribution >= 0.6 is 11.3 Å². The van der Waals surface area contributed by atoms with E-state index in [1.54, 1.807) is 28.4 Å². The van der Waals surface area contributed by atoms with E-state index in [9.17, 15) is 4.79 Å². The third-order valence-electron chi connectivity index (χ3n) is 4.72. The van der Waals surface area contributed by atoms with Crippen molar-refractivity contribution >= 4 is 28.3 Å². The SMILES string of the molecule is Cc1cc(C(=O)NCCCc2nc(-c3ccncc3)cs2)c2c(C)nn(C)c2n1. The zero-order valence-electron chi connectivity index (χ0n) is 16.6. The van der Waals surface area contributed by atoms with Crippen LogP contribution < -0.4 is 5.32 Å². The number of hydrogen-bond acceptors (Lipinski definition) is 6. The maximum absolute atomic E-state index is 12.8. The summed E-state index contributed by atoms with van der Waals surface area (Å²) >= 11 is 1.64. The average molecular weight is 407 g/mol. The van der Waals surface area contributed by atoms with Gasteiger partial charge in [0.25, 0.3) is 5.91 Å². The van der Waals surface area contributed by atoms with E-state index >= 15 is 0 Å². The molecular weight excluding hydrogens is 384 g/mol. The van der Waals surface area contributed by atoms with Gasteiger partial charge in [-0.25, -0.2) is 9.97 Å². The summed E-state index contributed by atoms with van der Waals surface area (Å²) in [5, 5.41) is 11.4. The van der Waals surface area contributed by atoms with Gasteiger partial charge in [0.2, 0.25) is 0 Å². The fraction of sp³-hybridized carbons (Fsp3) is 0.286. The van der Waals surface area contributed by atoms with Crippen LogP contribution in [-0.4, -0.2) is 37.2 Å². The average Bonchev–Trinajstić information content (AvgIpc) is 3.30. The molecule has 0 aliphatic rings. The molecule has 0 bridgehead atoms. The molecule has 0 spiro atoms. The van der Waals surface area contributed by atoms with Crippen LogP contribution in [0.5, 0.6) is 0 Å². The first-order valence-corrected chi connectivity index (χ1v) is 10.3. The van der Waals surface area contributed by atoms with Crippen molar-refractivity contribution in [2.45, 2.75) is 26.7 Å². The van der Waals surface area contributed by atoms with Crippen molar-refractivity contribution < 1.29 is 4.79 Å². The summed E-state index contributed by atoms with van der Waals surface area (Å²) in [6.45, 7) is 4.38. The van der Waals surface area contributed by atoms with Gasteiger partial charge in [-0.05, 0) is 38.5 Å². The lowest BCUT2D eigenvalue weighted by Gasteiger charge is -2.07. The highest BCUT2D eigenvalue weighted by atomic mass is 32.1. The first-order valence-electron chi connectivity index (χ1n) is 9.47. The van der Waals surface area contributed by atoms with Crippen molar-refractivity contribution in [2.24, 2.45) is 7.05 Å². The minimum atomic E-state index is -0.0896. The quantitative estimate of drug-likeness (QED) is 0.496. The van der Waals surface area contributed by atoms with Gasteiger partial charge in [0.05, 0.1) is 27.3 Å². The van der Waals surface area contributed by atoms with Gasteiger partial charge in [0.1, 0.15) is 0 Å². The van der Waals surface area contributed by atoms with Crippen LogP contribution in [0.25, 0.3) is 22.3 Å². The van der Waals surface area contributed by atoms with Crippen molar-refractivity contribution in [2.75, 3.05) is 6.54 Å². The van der Waals surface area contributed by atoms with Crippen molar-refractivity contribution in [3.8, 4) is 11.3 Å². The Hall–Kier alpha value is -3.13. The molecule has 29 heavy (non-hydrogen) atoms. The number of rotatable bonds is 6. The van der Waals surface area contributed by atoms with Crippen molar-refractivity contribution in [3.63, 3.8) is 0 Å². The molecule has 148 valence electrons. The number of carbonyl (C=O) groups excluding carboxylic acids is 1. The molecule has 4 heterocycles. The monoisotopic (exact) mass is 406 g/mol. The molecule has 4 rings (SSSR count). The van der Waals surface area contributed by atoms with Crippen molar-refractivity contribution in [3.05, 3.63) is 57.9 Å². The number of fused-ring (bicyclic) bond motifs is 1. The van der Waals surface area contributed by atoms with Crippen LogP contribution in [0.3, 0.4) is 0 Å². The smallest absolute Gasteiger partial charge is 0.252 e. The summed E-state index contributed by atoms with van der Waals surface area (Å²) in [7, 11) is 1.84. The van der Waals surface area contributed by atoms with Gasteiger partial charge in [0.15, 0.2) is 5.65 Å². The van der Waals surface area contributed by atoms with Crippen LogP contribution in [0.15, 0.2) is 36.0 Å². The largest absolute Gasteiger partial charge is 0.352 e. The normalized spacial score (nSPS) is 11.1. The summed E-state index contributed by atoms with van der Waals surface area (Å²) < 4.78 is 1.72. The number of aryl methyl sites for hydroxylation is 4. The predicted octanol–water partition coefficient (Wildman–Crippen LogP) is 3.47.